The van der Waals surface area contributed by atoms with Crippen molar-refractivity contribution in [1.29, 1.82) is 0 Å². The summed E-state index contributed by atoms with van der Waals surface area (Å²) in [6.45, 7) is 4.68. The van der Waals surface area contributed by atoms with Gasteiger partial charge in [0.15, 0.2) is 6.10 Å². The summed E-state index contributed by atoms with van der Waals surface area (Å²) in [5.74, 6) is -3.58. The van der Waals surface area contributed by atoms with Gasteiger partial charge in [0.2, 0.25) is 11.7 Å². The third kappa shape index (κ3) is 2.88. The van der Waals surface area contributed by atoms with Gasteiger partial charge in [0.05, 0.1) is 5.37 Å². The summed E-state index contributed by atoms with van der Waals surface area (Å²) in [5.41, 5.74) is 0.335. The van der Waals surface area contributed by atoms with Crippen LogP contribution in [0.1, 0.15) is 31.1 Å². The highest BCUT2D eigenvalue weighted by molar-refractivity contribution is 8.01. The highest BCUT2D eigenvalue weighted by Gasteiger charge is 2.66. The van der Waals surface area contributed by atoms with Gasteiger partial charge in [-0.2, -0.15) is 0 Å². The summed E-state index contributed by atoms with van der Waals surface area (Å²) in [5, 5.41) is 8.97. The maximum atomic E-state index is 12.9. The standard InChI is InChI=1S/C18H19NO6S/c1-9(20)25-13(12(21)10-7-5-4-6-8-10)11-15(22)19-14(17(23)24)18(2,3)26-16(11)19/h4-8,11,13-14,16H,1-3H3,(H,23,24)/t11-,13+,14+,16-/m1/s1. The predicted octanol–water partition coefficient (Wildman–Crippen LogP) is 1.56. The van der Waals surface area contributed by atoms with E-state index in [1.807, 2.05) is 0 Å². The average molecular weight is 377 g/mol. The van der Waals surface area contributed by atoms with Gasteiger partial charge in [0.1, 0.15) is 12.0 Å². The monoisotopic (exact) mass is 377 g/mol. The number of hydrogen-bond acceptors (Lipinski definition) is 6. The Labute approximate surface area is 154 Å². The van der Waals surface area contributed by atoms with E-state index in [1.165, 1.54) is 23.6 Å². The SMILES string of the molecule is CC(=O)O[C@H](C(=O)c1ccccc1)[C@@H]1C(=O)N2[C@@H]1SC(C)(C)[C@@H]2C(=O)O. The molecule has 2 saturated heterocycles. The van der Waals surface area contributed by atoms with Crippen LogP contribution in [-0.2, 0) is 19.1 Å². The summed E-state index contributed by atoms with van der Waals surface area (Å²) < 4.78 is 4.51. The van der Waals surface area contributed by atoms with Gasteiger partial charge in [-0.25, -0.2) is 4.79 Å². The molecule has 0 saturated carbocycles. The molecule has 0 unspecified atom stereocenters. The molecule has 2 fully saturated rings. The van der Waals surface area contributed by atoms with Crippen LogP contribution >= 0.6 is 11.8 Å². The molecule has 1 N–H and O–H groups in total. The highest BCUT2D eigenvalue weighted by atomic mass is 32.2. The van der Waals surface area contributed by atoms with E-state index in [0.717, 1.165) is 0 Å². The molecular weight excluding hydrogens is 358 g/mol. The summed E-state index contributed by atoms with van der Waals surface area (Å²) in [4.78, 5) is 50.0. The lowest BCUT2D eigenvalue weighted by atomic mass is 9.84. The first-order valence-corrected chi connectivity index (χ1v) is 9.02. The number of nitrogens with zero attached hydrogens (tertiary/aromatic N) is 1. The van der Waals surface area contributed by atoms with Crippen LogP contribution in [0.25, 0.3) is 0 Å². The first-order valence-electron chi connectivity index (χ1n) is 8.14. The fourth-order valence-electron chi connectivity index (χ4n) is 3.56. The van der Waals surface area contributed by atoms with Crippen molar-refractivity contribution in [3.05, 3.63) is 35.9 Å². The summed E-state index contributed by atoms with van der Waals surface area (Å²) >= 11 is 1.31. The lowest BCUT2D eigenvalue weighted by Crippen LogP contribution is -2.66. The van der Waals surface area contributed by atoms with Crippen molar-refractivity contribution in [1.82, 2.24) is 4.90 Å². The normalized spacial score (nSPS) is 27.3. The van der Waals surface area contributed by atoms with Crippen molar-refractivity contribution in [2.45, 2.75) is 43.0 Å². The number of carbonyl (C=O) groups is 4. The van der Waals surface area contributed by atoms with Crippen molar-refractivity contribution in [2.24, 2.45) is 5.92 Å². The molecule has 0 bridgehead atoms. The van der Waals surface area contributed by atoms with E-state index in [-0.39, 0.29) is 0 Å². The molecule has 0 aliphatic carbocycles. The number of hydrogen-bond donors (Lipinski definition) is 1. The molecule has 0 spiro atoms. The summed E-state index contributed by atoms with van der Waals surface area (Å²) in [7, 11) is 0. The number of fused-ring (bicyclic) bond motifs is 1. The Morgan fingerprint density at radius 3 is 2.38 bits per heavy atom. The van der Waals surface area contributed by atoms with Crippen molar-refractivity contribution < 1.29 is 29.0 Å². The van der Waals surface area contributed by atoms with Crippen molar-refractivity contribution in [3.63, 3.8) is 0 Å². The molecule has 4 atom stereocenters. The van der Waals surface area contributed by atoms with Crippen LogP contribution in [0.15, 0.2) is 30.3 Å². The molecule has 7 nitrogen and oxygen atoms in total. The number of carboxylic acids is 1. The zero-order valence-electron chi connectivity index (χ0n) is 14.5. The van der Waals surface area contributed by atoms with Gasteiger partial charge in [0.25, 0.3) is 0 Å². The van der Waals surface area contributed by atoms with Gasteiger partial charge in [-0.3, -0.25) is 14.4 Å². The van der Waals surface area contributed by atoms with Crippen LogP contribution in [0.4, 0.5) is 0 Å². The Bertz CT molecular complexity index is 777. The minimum atomic E-state index is -1.26. The number of ketones is 1. The van der Waals surface area contributed by atoms with Gasteiger partial charge in [-0.05, 0) is 13.8 Å². The van der Waals surface area contributed by atoms with Gasteiger partial charge < -0.3 is 14.7 Å². The van der Waals surface area contributed by atoms with Crippen LogP contribution in [0.2, 0.25) is 0 Å². The number of β-lactam (4-membered cyclic amide) rings is 1. The molecule has 138 valence electrons. The van der Waals surface area contributed by atoms with Crippen molar-refractivity contribution in [3.8, 4) is 0 Å². The van der Waals surface area contributed by atoms with Gasteiger partial charge in [-0.15, -0.1) is 11.8 Å². The number of esters is 1. The van der Waals surface area contributed by atoms with E-state index in [9.17, 15) is 24.3 Å². The van der Waals surface area contributed by atoms with Crippen LogP contribution in [0.3, 0.4) is 0 Å². The Morgan fingerprint density at radius 2 is 1.85 bits per heavy atom. The number of ether oxygens (including phenoxy) is 1. The molecule has 8 heteroatoms. The van der Waals surface area contributed by atoms with Crippen molar-refractivity contribution in [2.75, 3.05) is 0 Å². The molecule has 3 rings (SSSR count). The quantitative estimate of drug-likeness (QED) is 0.472. The highest BCUT2D eigenvalue weighted by Crippen LogP contribution is 2.54. The van der Waals surface area contributed by atoms with E-state index >= 15 is 0 Å². The molecular formula is C18H19NO6S. The van der Waals surface area contributed by atoms with Crippen molar-refractivity contribution >= 4 is 35.4 Å². The van der Waals surface area contributed by atoms with Gasteiger partial charge in [-0.1, -0.05) is 30.3 Å². The minimum absolute atomic E-state index is 0.335. The smallest absolute Gasteiger partial charge is 0.327 e. The fourth-order valence-corrected chi connectivity index (χ4v) is 5.27. The van der Waals surface area contributed by atoms with Gasteiger partial charge >= 0.3 is 11.9 Å². The molecule has 0 aromatic heterocycles. The van der Waals surface area contributed by atoms with Gasteiger partial charge in [0, 0.05) is 17.2 Å². The summed E-state index contributed by atoms with van der Waals surface area (Å²) in [6, 6.07) is 7.31. The molecule has 2 aliphatic rings. The lowest BCUT2D eigenvalue weighted by molar-refractivity contribution is -0.172. The first-order chi connectivity index (χ1) is 12.1. The number of amides is 1. The van der Waals surface area contributed by atoms with E-state index < -0.39 is 51.8 Å². The van der Waals surface area contributed by atoms with Crippen LogP contribution in [0, 0.1) is 5.92 Å². The van der Waals surface area contributed by atoms with E-state index in [2.05, 4.69) is 0 Å². The number of Topliss-reactive ketones (excluding diaryl/α,β-unsaturated/α-hetero) is 1. The largest absolute Gasteiger partial charge is 0.480 e. The number of carboxylic acid groups (broad SMARTS) is 1. The predicted molar refractivity (Wildman–Crippen MR) is 93.5 cm³/mol. The molecule has 0 radical (unpaired) electrons. The zero-order chi connectivity index (χ0) is 19.2. The Kier molecular flexibility index (Phi) is 4.56. The number of aliphatic carboxylic acids is 1. The van der Waals surface area contributed by atoms with E-state index in [4.69, 9.17) is 4.74 Å². The van der Waals surface area contributed by atoms with Crippen LogP contribution in [-0.4, -0.2) is 55.9 Å². The number of rotatable bonds is 5. The second kappa shape index (κ2) is 6.42. The summed E-state index contributed by atoms with van der Waals surface area (Å²) in [6.07, 6.45) is -1.26. The van der Waals surface area contributed by atoms with Crippen LogP contribution < -0.4 is 0 Å². The average Bonchev–Trinajstić information content (AvgIpc) is 2.82. The minimum Gasteiger partial charge on any atom is -0.480 e. The molecule has 2 aliphatic heterocycles. The van der Waals surface area contributed by atoms with E-state index in [0.29, 0.717) is 5.56 Å². The molecule has 1 aromatic carbocycles. The first kappa shape index (κ1) is 18.4. The fraction of sp³-hybridized carbons (Fsp3) is 0.444. The third-order valence-electron chi connectivity index (χ3n) is 4.65. The third-order valence-corrected chi connectivity index (χ3v) is 6.24. The Balaban J connectivity index is 1.92. The Morgan fingerprint density at radius 1 is 1.23 bits per heavy atom. The second-order valence-electron chi connectivity index (χ2n) is 6.88. The van der Waals surface area contributed by atoms with E-state index in [1.54, 1.807) is 44.2 Å². The maximum Gasteiger partial charge on any atom is 0.327 e. The molecule has 26 heavy (non-hydrogen) atoms. The molecule has 2 heterocycles. The lowest BCUT2D eigenvalue weighted by Gasteiger charge is -2.45. The molecule has 1 aromatic rings. The number of benzene rings is 1. The topological polar surface area (TPSA) is 101 Å². The Hall–Kier alpha value is -2.35. The zero-order valence-corrected chi connectivity index (χ0v) is 15.4. The number of thioether (sulfide) groups is 1. The maximum absolute atomic E-state index is 12.9. The van der Waals surface area contributed by atoms with Crippen LogP contribution in [0.5, 0.6) is 0 Å². The molecule has 1 amide bonds. The second-order valence-corrected chi connectivity index (χ2v) is 8.66. The number of carbonyl (C=O) groups excluding carboxylic acids is 3.